The van der Waals surface area contributed by atoms with E-state index in [2.05, 4.69) is 22.7 Å². The van der Waals surface area contributed by atoms with E-state index in [1.807, 2.05) is 6.07 Å². The van der Waals surface area contributed by atoms with Crippen LogP contribution in [0.4, 0.5) is 10.6 Å². The second-order valence-electron chi connectivity index (χ2n) is 6.19. The maximum atomic E-state index is 12.4. The number of benzene rings is 1. The molecule has 134 valence electrons. The van der Waals surface area contributed by atoms with Crippen LogP contribution >= 0.6 is 0 Å². The minimum absolute atomic E-state index is 0.0291. The molecule has 0 spiro atoms. The van der Waals surface area contributed by atoms with Crippen molar-refractivity contribution in [3.05, 3.63) is 41.6 Å². The number of rotatable bonds is 4. The van der Waals surface area contributed by atoms with Gasteiger partial charge in [-0.3, -0.25) is 10.00 Å². The minimum atomic E-state index is -3.27. The fourth-order valence-corrected chi connectivity index (χ4v) is 4.69. The van der Waals surface area contributed by atoms with Crippen LogP contribution in [0.3, 0.4) is 0 Å². The number of hydrogen-bond acceptors (Lipinski definition) is 4. The van der Waals surface area contributed by atoms with Crippen LogP contribution in [0.1, 0.15) is 37.1 Å². The number of anilines is 1. The van der Waals surface area contributed by atoms with Crippen LogP contribution in [-0.4, -0.2) is 30.0 Å². The first kappa shape index (κ1) is 17.5. The molecule has 8 heteroatoms. The summed E-state index contributed by atoms with van der Waals surface area (Å²) in [5.74, 6) is 0.638. The van der Waals surface area contributed by atoms with Gasteiger partial charge in [0.15, 0.2) is 9.84 Å². The minimum Gasteiger partial charge on any atom is -0.331 e. The van der Waals surface area contributed by atoms with E-state index in [9.17, 15) is 13.2 Å². The molecular weight excluding hydrogens is 340 g/mol. The van der Waals surface area contributed by atoms with Crippen molar-refractivity contribution in [3.8, 4) is 0 Å². The second kappa shape index (κ2) is 6.87. The van der Waals surface area contributed by atoms with Crippen molar-refractivity contribution < 1.29 is 13.2 Å². The quantitative estimate of drug-likeness (QED) is 0.873. The fourth-order valence-electron chi connectivity index (χ4n) is 3.07. The van der Waals surface area contributed by atoms with Crippen molar-refractivity contribution in [3.63, 3.8) is 0 Å². The van der Waals surface area contributed by atoms with E-state index in [1.165, 1.54) is 0 Å². The molecule has 1 aromatic heterocycles. The van der Waals surface area contributed by atoms with Crippen LogP contribution in [0.2, 0.25) is 0 Å². The Bertz CT molecular complexity index is 889. The van der Waals surface area contributed by atoms with Gasteiger partial charge in [-0.25, -0.2) is 13.2 Å². The van der Waals surface area contributed by atoms with E-state index >= 15 is 0 Å². The first-order chi connectivity index (χ1) is 11.9. The molecule has 1 unspecified atom stereocenters. The maximum absolute atomic E-state index is 12.4. The molecule has 2 heterocycles. The van der Waals surface area contributed by atoms with E-state index in [0.717, 1.165) is 18.5 Å². The third-order valence-electron chi connectivity index (χ3n) is 4.29. The first-order valence-electron chi connectivity index (χ1n) is 8.33. The summed E-state index contributed by atoms with van der Waals surface area (Å²) in [6.45, 7) is 2.07. The van der Waals surface area contributed by atoms with Gasteiger partial charge in [0.25, 0.3) is 0 Å². The van der Waals surface area contributed by atoms with Crippen molar-refractivity contribution in [2.24, 2.45) is 7.05 Å². The SMILES string of the molecule is CCCc1cc(NC(=O)NC2CCS(=O)(=O)c3ccccc32)n(C)n1. The molecule has 3 rings (SSSR count). The Hall–Kier alpha value is -2.35. The zero-order valence-electron chi connectivity index (χ0n) is 14.3. The molecule has 0 saturated heterocycles. The number of aromatic nitrogens is 2. The lowest BCUT2D eigenvalue weighted by Gasteiger charge is -2.26. The van der Waals surface area contributed by atoms with Crippen molar-refractivity contribution in [2.45, 2.75) is 37.1 Å². The standard InChI is InChI=1S/C17H22N4O3S/c1-3-6-12-11-16(21(2)20-12)19-17(22)18-14-9-10-25(23,24)15-8-5-4-7-13(14)15/h4-5,7-8,11,14H,3,6,9-10H2,1-2H3,(H2,18,19,22). The summed E-state index contributed by atoms with van der Waals surface area (Å²) >= 11 is 0. The molecule has 2 N–H and O–H groups in total. The molecule has 0 saturated carbocycles. The second-order valence-corrected chi connectivity index (χ2v) is 8.27. The zero-order chi connectivity index (χ0) is 18.0. The van der Waals surface area contributed by atoms with E-state index < -0.39 is 9.84 Å². The number of fused-ring (bicyclic) bond motifs is 1. The van der Waals surface area contributed by atoms with Crippen LogP contribution in [0.5, 0.6) is 0 Å². The number of aryl methyl sites for hydroxylation is 2. The van der Waals surface area contributed by atoms with Gasteiger partial charge in [-0.1, -0.05) is 31.5 Å². The third kappa shape index (κ3) is 3.68. The summed E-state index contributed by atoms with van der Waals surface area (Å²) < 4.78 is 26.0. The number of sulfone groups is 1. The molecule has 0 fully saturated rings. The average molecular weight is 362 g/mol. The molecule has 1 aliphatic heterocycles. The monoisotopic (exact) mass is 362 g/mol. The molecule has 7 nitrogen and oxygen atoms in total. The predicted molar refractivity (Wildman–Crippen MR) is 95.2 cm³/mol. The fraction of sp³-hybridized carbons (Fsp3) is 0.412. The van der Waals surface area contributed by atoms with Gasteiger partial charge in [0, 0.05) is 13.1 Å². The highest BCUT2D eigenvalue weighted by Crippen LogP contribution is 2.31. The smallest absolute Gasteiger partial charge is 0.320 e. The average Bonchev–Trinajstić information content (AvgIpc) is 2.90. The first-order valence-corrected chi connectivity index (χ1v) is 9.98. The van der Waals surface area contributed by atoms with Crippen molar-refractivity contribution in [2.75, 3.05) is 11.1 Å². The largest absolute Gasteiger partial charge is 0.331 e. The normalized spacial score (nSPS) is 18.4. The van der Waals surface area contributed by atoms with Crippen molar-refractivity contribution >= 4 is 21.7 Å². The van der Waals surface area contributed by atoms with Gasteiger partial charge in [0.05, 0.1) is 22.4 Å². The van der Waals surface area contributed by atoms with Gasteiger partial charge in [0.2, 0.25) is 0 Å². The van der Waals surface area contributed by atoms with Crippen LogP contribution in [-0.2, 0) is 23.3 Å². The molecule has 1 aromatic carbocycles. The van der Waals surface area contributed by atoms with Gasteiger partial charge in [-0.15, -0.1) is 0 Å². The molecule has 1 aliphatic rings. The summed E-state index contributed by atoms with van der Waals surface area (Å²) in [5.41, 5.74) is 1.56. The Morgan fingerprint density at radius 1 is 1.36 bits per heavy atom. The maximum Gasteiger partial charge on any atom is 0.320 e. The lowest BCUT2D eigenvalue weighted by atomic mass is 10.0. The van der Waals surface area contributed by atoms with Gasteiger partial charge < -0.3 is 5.32 Å². The van der Waals surface area contributed by atoms with Crippen molar-refractivity contribution in [1.82, 2.24) is 15.1 Å². The van der Waals surface area contributed by atoms with Crippen LogP contribution in [0.25, 0.3) is 0 Å². The van der Waals surface area contributed by atoms with E-state index in [-0.39, 0.29) is 17.8 Å². The van der Waals surface area contributed by atoms with Gasteiger partial charge in [0.1, 0.15) is 5.82 Å². The van der Waals surface area contributed by atoms with E-state index in [0.29, 0.717) is 22.7 Å². The van der Waals surface area contributed by atoms with Gasteiger partial charge >= 0.3 is 6.03 Å². The number of nitrogens with one attached hydrogen (secondary N) is 2. The number of urea groups is 1. The number of nitrogens with zero attached hydrogens (tertiary/aromatic N) is 2. The molecule has 2 amide bonds. The Morgan fingerprint density at radius 2 is 2.12 bits per heavy atom. The molecule has 0 radical (unpaired) electrons. The number of amides is 2. The van der Waals surface area contributed by atoms with Gasteiger partial charge in [-0.05, 0) is 24.5 Å². The molecule has 25 heavy (non-hydrogen) atoms. The highest BCUT2D eigenvalue weighted by molar-refractivity contribution is 7.91. The number of carbonyl (C=O) groups is 1. The molecule has 1 atom stereocenters. The zero-order valence-corrected chi connectivity index (χ0v) is 15.1. The molecular formula is C17H22N4O3S. The summed E-state index contributed by atoms with van der Waals surface area (Å²) in [7, 11) is -1.49. The Balaban J connectivity index is 1.74. The van der Waals surface area contributed by atoms with E-state index in [4.69, 9.17) is 0 Å². The van der Waals surface area contributed by atoms with Crippen molar-refractivity contribution in [1.29, 1.82) is 0 Å². The predicted octanol–water partition coefficient (Wildman–Crippen LogP) is 2.41. The summed E-state index contributed by atoms with van der Waals surface area (Å²) in [6.07, 6.45) is 2.19. The lowest BCUT2D eigenvalue weighted by molar-refractivity contribution is 0.247. The molecule has 0 aliphatic carbocycles. The van der Waals surface area contributed by atoms with E-state index in [1.54, 1.807) is 36.0 Å². The van der Waals surface area contributed by atoms with Crippen LogP contribution < -0.4 is 10.6 Å². The lowest BCUT2D eigenvalue weighted by Crippen LogP contribution is -2.36. The number of carbonyl (C=O) groups excluding carboxylic acids is 1. The molecule has 0 bridgehead atoms. The Morgan fingerprint density at radius 3 is 2.88 bits per heavy atom. The summed E-state index contributed by atoms with van der Waals surface area (Å²) in [5, 5.41) is 10.0. The summed E-state index contributed by atoms with van der Waals surface area (Å²) in [6, 6.07) is 7.97. The van der Waals surface area contributed by atoms with Crippen LogP contribution in [0, 0.1) is 0 Å². The highest BCUT2D eigenvalue weighted by atomic mass is 32.2. The van der Waals surface area contributed by atoms with Crippen LogP contribution in [0.15, 0.2) is 35.2 Å². The Kier molecular flexibility index (Phi) is 4.80. The summed E-state index contributed by atoms with van der Waals surface area (Å²) in [4.78, 5) is 12.7. The third-order valence-corrected chi connectivity index (χ3v) is 6.10. The number of hydrogen-bond donors (Lipinski definition) is 2. The Labute approximate surface area is 147 Å². The topological polar surface area (TPSA) is 93.1 Å². The molecule has 2 aromatic rings. The van der Waals surface area contributed by atoms with Gasteiger partial charge in [-0.2, -0.15) is 5.10 Å². The highest BCUT2D eigenvalue weighted by Gasteiger charge is 2.30.